The van der Waals surface area contributed by atoms with Gasteiger partial charge in [0.05, 0.1) is 6.10 Å². The molecule has 1 fully saturated rings. The molecule has 1 heterocycles. The average molecular weight is 214 g/mol. The first-order valence-corrected chi connectivity index (χ1v) is 6.17. The van der Waals surface area contributed by atoms with Crippen molar-refractivity contribution in [2.45, 2.75) is 51.8 Å². The maximum absolute atomic E-state index is 5.32. The minimum Gasteiger partial charge on any atom is -0.380 e. The van der Waals surface area contributed by atoms with Gasteiger partial charge in [-0.05, 0) is 33.2 Å². The summed E-state index contributed by atoms with van der Waals surface area (Å²) in [6, 6.07) is 1.40. The summed E-state index contributed by atoms with van der Waals surface area (Å²) in [5.41, 5.74) is 0. The number of hydrogen-bond acceptors (Lipinski definition) is 3. The Morgan fingerprint density at radius 2 is 2.27 bits per heavy atom. The Hall–Kier alpha value is -0.120. The Morgan fingerprint density at radius 1 is 1.53 bits per heavy atom. The molecule has 0 amide bonds. The van der Waals surface area contributed by atoms with Gasteiger partial charge in [0.25, 0.3) is 0 Å². The van der Waals surface area contributed by atoms with E-state index in [0.717, 1.165) is 19.1 Å². The molecule has 1 aliphatic heterocycles. The summed E-state index contributed by atoms with van der Waals surface area (Å²) in [5.74, 6) is 0. The highest BCUT2D eigenvalue weighted by Gasteiger charge is 2.25. The van der Waals surface area contributed by atoms with Crippen LogP contribution in [-0.4, -0.2) is 49.8 Å². The van der Waals surface area contributed by atoms with Gasteiger partial charge in [-0.2, -0.15) is 0 Å². The van der Waals surface area contributed by atoms with Crippen LogP contribution in [-0.2, 0) is 4.74 Å². The Bertz CT molecular complexity index is 175. The van der Waals surface area contributed by atoms with Crippen molar-refractivity contribution in [2.24, 2.45) is 0 Å². The lowest BCUT2D eigenvalue weighted by atomic mass is 9.98. The highest BCUT2D eigenvalue weighted by molar-refractivity contribution is 4.83. The molecule has 0 saturated carbocycles. The first kappa shape index (κ1) is 12.9. The van der Waals surface area contributed by atoms with Crippen LogP contribution >= 0.6 is 0 Å². The van der Waals surface area contributed by atoms with Crippen LogP contribution in [0.2, 0.25) is 0 Å². The Balaban J connectivity index is 2.32. The molecule has 0 radical (unpaired) electrons. The van der Waals surface area contributed by atoms with Crippen LogP contribution in [0.1, 0.15) is 33.6 Å². The van der Waals surface area contributed by atoms with Gasteiger partial charge in [-0.1, -0.05) is 6.92 Å². The summed E-state index contributed by atoms with van der Waals surface area (Å²) in [5, 5.41) is 3.54. The smallest absolute Gasteiger partial charge is 0.0670 e. The summed E-state index contributed by atoms with van der Waals surface area (Å²) in [6.45, 7) is 10.0. The van der Waals surface area contributed by atoms with Crippen molar-refractivity contribution in [1.82, 2.24) is 10.2 Å². The molecule has 0 aromatic rings. The van der Waals surface area contributed by atoms with Crippen LogP contribution in [0.4, 0.5) is 0 Å². The van der Waals surface area contributed by atoms with E-state index in [0.29, 0.717) is 12.1 Å². The van der Waals surface area contributed by atoms with Crippen molar-refractivity contribution in [3.63, 3.8) is 0 Å². The maximum Gasteiger partial charge on any atom is 0.0670 e. The number of nitrogens with one attached hydrogen (secondary N) is 1. The number of rotatable bonds is 5. The molecule has 90 valence electrons. The third-order valence-corrected chi connectivity index (χ3v) is 3.40. The monoisotopic (exact) mass is 214 g/mol. The van der Waals surface area contributed by atoms with Crippen molar-refractivity contribution in [2.75, 3.05) is 26.7 Å². The van der Waals surface area contributed by atoms with Gasteiger partial charge in [0, 0.05) is 32.3 Å². The maximum atomic E-state index is 5.32. The van der Waals surface area contributed by atoms with Crippen LogP contribution in [0, 0.1) is 0 Å². The van der Waals surface area contributed by atoms with Gasteiger partial charge in [0.2, 0.25) is 0 Å². The molecule has 3 unspecified atom stereocenters. The first-order chi connectivity index (χ1) is 7.17. The van der Waals surface area contributed by atoms with Crippen LogP contribution < -0.4 is 5.32 Å². The average Bonchev–Trinajstić information content (AvgIpc) is 2.22. The molecule has 0 bridgehead atoms. The van der Waals surface area contributed by atoms with Gasteiger partial charge in [-0.25, -0.2) is 0 Å². The van der Waals surface area contributed by atoms with Gasteiger partial charge in [0.15, 0.2) is 0 Å². The number of likely N-dealkylation sites (tertiary alicyclic amines) is 1. The molecule has 1 aliphatic rings. The molecule has 15 heavy (non-hydrogen) atoms. The molecule has 3 heteroatoms. The molecule has 0 aromatic heterocycles. The predicted octanol–water partition coefficient (Wildman–Crippen LogP) is 1.48. The third-order valence-electron chi connectivity index (χ3n) is 3.40. The number of ether oxygens (including phenoxy) is 1. The van der Waals surface area contributed by atoms with Gasteiger partial charge >= 0.3 is 0 Å². The van der Waals surface area contributed by atoms with E-state index in [1.807, 2.05) is 0 Å². The fourth-order valence-electron chi connectivity index (χ4n) is 2.37. The molecule has 3 nitrogen and oxygen atoms in total. The lowest BCUT2D eigenvalue weighted by Gasteiger charge is -2.39. The van der Waals surface area contributed by atoms with E-state index in [-0.39, 0.29) is 0 Å². The van der Waals surface area contributed by atoms with Crippen LogP contribution in [0.3, 0.4) is 0 Å². The zero-order valence-corrected chi connectivity index (χ0v) is 10.6. The van der Waals surface area contributed by atoms with Crippen molar-refractivity contribution < 1.29 is 4.74 Å². The minimum atomic E-state index is 0.350. The summed E-state index contributed by atoms with van der Waals surface area (Å²) in [7, 11) is 1.79. The van der Waals surface area contributed by atoms with Crippen molar-refractivity contribution in [1.29, 1.82) is 0 Å². The van der Waals surface area contributed by atoms with Crippen molar-refractivity contribution >= 4 is 0 Å². The van der Waals surface area contributed by atoms with Crippen LogP contribution in [0.25, 0.3) is 0 Å². The Morgan fingerprint density at radius 3 is 2.80 bits per heavy atom. The standard InChI is InChI=1S/C12H26N2O/c1-5-13-12-6-7-14(10(2)8-12)9-11(3)15-4/h10-13H,5-9H2,1-4H3. The van der Waals surface area contributed by atoms with Crippen LogP contribution in [0.15, 0.2) is 0 Å². The highest BCUT2D eigenvalue weighted by atomic mass is 16.5. The number of piperidine rings is 1. The Labute approximate surface area is 94.2 Å². The third kappa shape index (κ3) is 4.09. The molecular formula is C12H26N2O. The van der Waals surface area contributed by atoms with Gasteiger partial charge < -0.3 is 10.1 Å². The number of hydrogen-bond donors (Lipinski definition) is 1. The molecule has 3 atom stereocenters. The quantitative estimate of drug-likeness (QED) is 0.750. The molecule has 0 spiro atoms. The summed E-state index contributed by atoms with van der Waals surface area (Å²) >= 11 is 0. The van der Waals surface area contributed by atoms with E-state index in [9.17, 15) is 0 Å². The number of nitrogens with zero attached hydrogens (tertiary/aromatic N) is 1. The fourth-order valence-corrected chi connectivity index (χ4v) is 2.37. The lowest BCUT2D eigenvalue weighted by molar-refractivity contribution is 0.0446. The molecule has 1 saturated heterocycles. The van der Waals surface area contributed by atoms with Gasteiger partial charge in [-0.3, -0.25) is 4.90 Å². The van der Waals surface area contributed by atoms with Crippen LogP contribution in [0.5, 0.6) is 0 Å². The zero-order valence-electron chi connectivity index (χ0n) is 10.6. The second-order valence-electron chi connectivity index (χ2n) is 4.67. The van der Waals surface area contributed by atoms with E-state index >= 15 is 0 Å². The summed E-state index contributed by atoms with van der Waals surface area (Å²) < 4.78 is 5.32. The van der Waals surface area contributed by atoms with E-state index < -0.39 is 0 Å². The molecule has 1 rings (SSSR count). The highest BCUT2D eigenvalue weighted by Crippen LogP contribution is 2.17. The topological polar surface area (TPSA) is 24.5 Å². The molecule has 0 aliphatic carbocycles. The van der Waals surface area contributed by atoms with Crippen molar-refractivity contribution in [3.8, 4) is 0 Å². The molecule has 0 aromatic carbocycles. The number of methoxy groups -OCH3 is 1. The fraction of sp³-hybridized carbons (Fsp3) is 1.00. The first-order valence-electron chi connectivity index (χ1n) is 6.17. The predicted molar refractivity (Wildman–Crippen MR) is 64.2 cm³/mol. The second kappa shape index (κ2) is 6.46. The Kier molecular flexibility index (Phi) is 5.58. The van der Waals surface area contributed by atoms with Gasteiger partial charge in [-0.15, -0.1) is 0 Å². The van der Waals surface area contributed by atoms with Gasteiger partial charge in [0.1, 0.15) is 0 Å². The summed E-state index contributed by atoms with van der Waals surface area (Å²) in [6.07, 6.45) is 2.89. The zero-order chi connectivity index (χ0) is 11.3. The largest absolute Gasteiger partial charge is 0.380 e. The van der Waals surface area contributed by atoms with Crippen molar-refractivity contribution in [3.05, 3.63) is 0 Å². The molecule has 1 N–H and O–H groups in total. The van der Waals surface area contributed by atoms with E-state index in [1.165, 1.54) is 19.4 Å². The normalized spacial score (nSPS) is 30.4. The lowest BCUT2D eigenvalue weighted by Crippen LogP contribution is -2.49. The van der Waals surface area contributed by atoms with E-state index in [4.69, 9.17) is 4.74 Å². The SMILES string of the molecule is CCNC1CCN(CC(C)OC)C(C)C1. The van der Waals surface area contributed by atoms with E-state index in [2.05, 4.69) is 31.0 Å². The second-order valence-corrected chi connectivity index (χ2v) is 4.67. The minimum absolute atomic E-state index is 0.350. The summed E-state index contributed by atoms with van der Waals surface area (Å²) in [4.78, 5) is 2.54. The molecular weight excluding hydrogens is 188 g/mol. The van der Waals surface area contributed by atoms with E-state index in [1.54, 1.807) is 7.11 Å².